The summed E-state index contributed by atoms with van der Waals surface area (Å²) < 4.78 is 5.97. The first-order valence-corrected chi connectivity index (χ1v) is 5.45. The summed E-state index contributed by atoms with van der Waals surface area (Å²) in [5.41, 5.74) is 0.942. The molecule has 0 amide bonds. The molecule has 1 nitrogen and oxygen atoms in total. The Morgan fingerprint density at radius 2 is 1.83 bits per heavy atom. The molecule has 0 radical (unpaired) electrons. The quantitative estimate of drug-likeness (QED) is 0.504. The summed E-state index contributed by atoms with van der Waals surface area (Å²) in [6, 6.07) is 0. The van der Waals surface area contributed by atoms with E-state index >= 15 is 0 Å². The monoisotopic (exact) mass is 166 g/mol. The van der Waals surface area contributed by atoms with E-state index < -0.39 is 0 Å². The normalized spacial score (nSPS) is 57.2. The predicted octanol–water partition coefficient (Wildman–Crippen LogP) is 2.89. The summed E-state index contributed by atoms with van der Waals surface area (Å²) >= 11 is 0. The van der Waals surface area contributed by atoms with Gasteiger partial charge in [0, 0.05) is 0 Å². The van der Waals surface area contributed by atoms with Crippen molar-refractivity contribution in [2.75, 3.05) is 0 Å². The van der Waals surface area contributed by atoms with E-state index in [0.717, 1.165) is 0 Å². The molecule has 3 atom stereocenters. The van der Waals surface area contributed by atoms with Gasteiger partial charge in [-0.05, 0) is 31.1 Å². The largest absolute Gasteiger partial charge is 0.365 e. The van der Waals surface area contributed by atoms with Crippen LogP contribution in [0.15, 0.2) is 0 Å². The van der Waals surface area contributed by atoms with E-state index in [2.05, 4.69) is 6.92 Å². The molecule has 1 heterocycles. The van der Waals surface area contributed by atoms with Crippen molar-refractivity contribution < 1.29 is 4.74 Å². The van der Waals surface area contributed by atoms with Gasteiger partial charge >= 0.3 is 0 Å². The summed E-state index contributed by atoms with van der Waals surface area (Å²) in [5.74, 6) is 0. The maximum atomic E-state index is 5.97. The molecule has 3 rings (SSSR count). The van der Waals surface area contributed by atoms with Crippen molar-refractivity contribution in [1.29, 1.82) is 0 Å². The van der Waals surface area contributed by atoms with Crippen LogP contribution in [0.5, 0.6) is 0 Å². The highest BCUT2D eigenvalue weighted by Crippen LogP contribution is 2.64. The number of epoxide rings is 1. The third-order valence-corrected chi connectivity index (χ3v) is 4.56. The van der Waals surface area contributed by atoms with Gasteiger partial charge < -0.3 is 4.74 Å². The van der Waals surface area contributed by atoms with Crippen molar-refractivity contribution in [1.82, 2.24) is 0 Å². The third-order valence-electron chi connectivity index (χ3n) is 4.56. The van der Waals surface area contributed by atoms with Gasteiger partial charge in [0.1, 0.15) is 5.60 Å². The molecule has 0 aromatic heterocycles. The zero-order valence-corrected chi connectivity index (χ0v) is 7.94. The van der Waals surface area contributed by atoms with E-state index in [9.17, 15) is 0 Å². The predicted molar refractivity (Wildman–Crippen MR) is 48.0 cm³/mol. The lowest BCUT2D eigenvalue weighted by Crippen LogP contribution is -2.43. The van der Waals surface area contributed by atoms with E-state index in [1.54, 1.807) is 0 Å². The topological polar surface area (TPSA) is 12.5 Å². The van der Waals surface area contributed by atoms with Gasteiger partial charge in [0.15, 0.2) is 0 Å². The Labute approximate surface area is 74.5 Å². The number of hydrogen-bond acceptors (Lipinski definition) is 1. The molecule has 1 saturated heterocycles. The van der Waals surface area contributed by atoms with Crippen molar-refractivity contribution in [3.05, 3.63) is 0 Å². The van der Waals surface area contributed by atoms with Crippen LogP contribution in [0.1, 0.15) is 51.9 Å². The van der Waals surface area contributed by atoms with E-state index in [1.165, 1.54) is 44.9 Å². The molecule has 12 heavy (non-hydrogen) atoms. The first-order valence-electron chi connectivity index (χ1n) is 5.45. The first-order chi connectivity index (χ1) is 5.77. The van der Waals surface area contributed by atoms with Gasteiger partial charge in [0.25, 0.3) is 0 Å². The lowest BCUT2D eigenvalue weighted by Gasteiger charge is -2.42. The molecule has 3 fully saturated rings. The van der Waals surface area contributed by atoms with E-state index in [-0.39, 0.29) is 0 Å². The van der Waals surface area contributed by atoms with Crippen LogP contribution in [0.4, 0.5) is 0 Å². The van der Waals surface area contributed by atoms with Gasteiger partial charge in [0.2, 0.25) is 0 Å². The second-order valence-electron chi connectivity index (χ2n) is 5.16. The molecule has 1 spiro atoms. The minimum Gasteiger partial charge on any atom is -0.365 e. The van der Waals surface area contributed by atoms with Gasteiger partial charge in [-0.2, -0.15) is 0 Å². The molecular weight excluding hydrogens is 148 g/mol. The molecule has 0 aromatic carbocycles. The number of rotatable bonds is 0. The maximum absolute atomic E-state index is 5.97. The zero-order valence-electron chi connectivity index (χ0n) is 7.94. The number of hydrogen-bond donors (Lipinski definition) is 0. The van der Waals surface area contributed by atoms with Crippen LogP contribution in [0.3, 0.4) is 0 Å². The van der Waals surface area contributed by atoms with Gasteiger partial charge in [0.05, 0.1) is 6.10 Å². The Morgan fingerprint density at radius 1 is 1.08 bits per heavy atom. The molecule has 1 aliphatic heterocycles. The van der Waals surface area contributed by atoms with E-state index in [0.29, 0.717) is 17.1 Å². The second kappa shape index (κ2) is 2.06. The fourth-order valence-electron chi connectivity index (χ4n) is 3.69. The Kier molecular flexibility index (Phi) is 1.27. The van der Waals surface area contributed by atoms with Crippen LogP contribution in [-0.2, 0) is 4.74 Å². The summed E-state index contributed by atoms with van der Waals surface area (Å²) in [6.07, 6.45) is 10.5. The molecule has 0 N–H and O–H groups in total. The molecule has 0 unspecified atom stereocenters. The molecule has 0 aromatic rings. The smallest absolute Gasteiger partial charge is 0.100 e. The van der Waals surface area contributed by atoms with Gasteiger partial charge in [-0.1, -0.05) is 26.2 Å². The fraction of sp³-hybridized carbons (Fsp3) is 1.00. The molecule has 3 aliphatic rings. The maximum Gasteiger partial charge on any atom is 0.100 e. The van der Waals surface area contributed by atoms with Gasteiger partial charge in [-0.15, -0.1) is 0 Å². The minimum absolute atomic E-state index is 0.378. The van der Waals surface area contributed by atoms with E-state index in [4.69, 9.17) is 4.74 Å². The summed E-state index contributed by atoms with van der Waals surface area (Å²) in [6.45, 7) is 2.46. The molecule has 1 heteroatoms. The summed E-state index contributed by atoms with van der Waals surface area (Å²) in [4.78, 5) is 0. The highest BCUT2D eigenvalue weighted by atomic mass is 16.6. The van der Waals surface area contributed by atoms with Crippen molar-refractivity contribution in [3.63, 3.8) is 0 Å². The van der Waals surface area contributed by atoms with Crippen molar-refractivity contribution in [3.8, 4) is 0 Å². The fourth-order valence-corrected chi connectivity index (χ4v) is 3.69. The van der Waals surface area contributed by atoms with Gasteiger partial charge in [-0.25, -0.2) is 0 Å². The van der Waals surface area contributed by atoms with E-state index in [1.807, 2.05) is 0 Å². The average Bonchev–Trinajstić information content (AvgIpc) is 2.76. The lowest BCUT2D eigenvalue weighted by atomic mass is 9.60. The summed E-state index contributed by atoms with van der Waals surface area (Å²) in [5, 5.41) is 0. The van der Waals surface area contributed by atoms with Crippen LogP contribution in [-0.4, -0.2) is 11.7 Å². The lowest BCUT2D eigenvalue weighted by molar-refractivity contribution is 0.0553. The molecule has 2 aliphatic carbocycles. The molecule has 0 bridgehead atoms. The Bertz CT molecular complexity index is 202. The van der Waals surface area contributed by atoms with Crippen LogP contribution < -0.4 is 0 Å². The highest BCUT2D eigenvalue weighted by Gasteiger charge is 2.68. The van der Waals surface area contributed by atoms with Crippen LogP contribution >= 0.6 is 0 Å². The zero-order chi connectivity index (χ0) is 8.23. The van der Waals surface area contributed by atoms with Gasteiger partial charge in [-0.3, -0.25) is 0 Å². The Hall–Kier alpha value is -0.0400. The first kappa shape index (κ1) is 7.37. The summed E-state index contributed by atoms with van der Waals surface area (Å²) in [7, 11) is 0. The Morgan fingerprint density at radius 3 is 2.67 bits per heavy atom. The minimum atomic E-state index is 0.378. The standard InChI is InChI=1S/C11H18O/c1-10-6-2-3-8-11(10)9(12-11)5-4-7-10/h9H,2-8H2,1H3/t9-,10+,11-/m1/s1. The van der Waals surface area contributed by atoms with Crippen molar-refractivity contribution in [2.45, 2.75) is 63.6 Å². The van der Waals surface area contributed by atoms with Crippen LogP contribution in [0.2, 0.25) is 0 Å². The SMILES string of the molecule is C[C@@]12CCCC[C@]13O[C@@H]3CCC2. The van der Waals surface area contributed by atoms with Crippen molar-refractivity contribution in [2.24, 2.45) is 5.41 Å². The average molecular weight is 166 g/mol. The third kappa shape index (κ3) is 0.693. The molecule has 68 valence electrons. The van der Waals surface area contributed by atoms with Crippen molar-refractivity contribution >= 4 is 0 Å². The molecular formula is C11H18O. The van der Waals surface area contributed by atoms with Crippen LogP contribution in [0, 0.1) is 5.41 Å². The highest BCUT2D eigenvalue weighted by molar-refractivity contribution is 5.16. The van der Waals surface area contributed by atoms with Crippen LogP contribution in [0.25, 0.3) is 0 Å². The second-order valence-corrected chi connectivity index (χ2v) is 5.16. The number of ether oxygens (including phenoxy) is 1. The Balaban J connectivity index is 1.93. The molecule has 2 saturated carbocycles.